The maximum Gasteiger partial charge on any atom is 0.289 e. The van der Waals surface area contributed by atoms with E-state index in [1.165, 1.54) is 0 Å². The first-order valence-corrected chi connectivity index (χ1v) is 5.88. The Kier molecular flexibility index (Phi) is 3.62. The lowest BCUT2D eigenvalue weighted by molar-refractivity contribution is 0.0623. The normalized spacial score (nSPS) is 17.3. The summed E-state index contributed by atoms with van der Waals surface area (Å²) in [6.07, 6.45) is 3.60. The van der Waals surface area contributed by atoms with Gasteiger partial charge in [-0.3, -0.25) is 4.79 Å². The minimum Gasteiger partial charge on any atom is -0.459 e. The Balaban J connectivity index is 2.06. The van der Waals surface area contributed by atoms with Crippen molar-refractivity contribution < 1.29 is 9.21 Å². The van der Waals surface area contributed by atoms with Crippen LogP contribution in [-0.2, 0) is 0 Å². The van der Waals surface area contributed by atoms with Gasteiger partial charge in [0, 0.05) is 12.6 Å². The highest BCUT2D eigenvalue weighted by Crippen LogP contribution is 2.15. The van der Waals surface area contributed by atoms with Gasteiger partial charge in [-0.15, -0.1) is 0 Å². The molecule has 0 aromatic carbocycles. The van der Waals surface area contributed by atoms with Crippen LogP contribution >= 0.6 is 0 Å². The van der Waals surface area contributed by atoms with E-state index in [0.29, 0.717) is 11.8 Å². The Labute approximate surface area is 95.6 Å². The van der Waals surface area contributed by atoms with Crippen LogP contribution in [0.15, 0.2) is 22.8 Å². The molecule has 0 atom stereocenters. The van der Waals surface area contributed by atoms with E-state index in [2.05, 4.69) is 5.32 Å². The molecular weight excluding hydrogens is 204 g/mol. The quantitative estimate of drug-likeness (QED) is 0.842. The van der Waals surface area contributed by atoms with Crippen LogP contribution in [0.4, 0.5) is 0 Å². The van der Waals surface area contributed by atoms with Crippen molar-refractivity contribution in [3.63, 3.8) is 0 Å². The molecule has 0 radical (unpaired) electrons. The Morgan fingerprint density at radius 2 is 2.31 bits per heavy atom. The van der Waals surface area contributed by atoms with Gasteiger partial charge in [0.05, 0.1) is 6.26 Å². The Morgan fingerprint density at radius 3 is 2.88 bits per heavy atom. The number of hydrogen-bond donors (Lipinski definition) is 1. The van der Waals surface area contributed by atoms with Crippen molar-refractivity contribution in [3.8, 4) is 0 Å². The molecule has 4 nitrogen and oxygen atoms in total. The van der Waals surface area contributed by atoms with Crippen LogP contribution in [0.3, 0.4) is 0 Å². The highest BCUT2D eigenvalue weighted by atomic mass is 16.3. The SMILES string of the molecule is CCN(C(=O)c1ccco1)C1CCNCC1. The number of carbonyl (C=O) groups is 1. The molecule has 1 aromatic rings. The van der Waals surface area contributed by atoms with E-state index < -0.39 is 0 Å². The molecular formula is C12H18N2O2. The molecule has 0 unspecified atom stereocenters. The van der Waals surface area contributed by atoms with Gasteiger partial charge < -0.3 is 14.6 Å². The molecule has 1 saturated heterocycles. The summed E-state index contributed by atoms with van der Waals surface area (Å²) in [4.78, 5) is 14.1. The van der Waals surface area contributed by atoms with Crippen LogP contribution in [0.1, 0.15) is 30.3 Å². The van der Waals surface area contributed by atoms with Crippen molar-refractivity contribution in [2.24, 2.45) is 0 Å². The zero-order valence-electron chi connectivity index (χ0n) is 9.61. The largest absolute Gasteiger partial charge is 0.459 e. The van der Waals surface area contributed by atoms with Crippen molar-refractivity contribution in [2.45, 2.75) is 25.8 Å². The lowest BCUT2D eigenvalue weighted by Gasteiger charge is -2.33. The van der Waals surface area contributed by atoms with E-state index in [1.54, 1.807) is 18.4 Å². The fraction of sp³-hybridized carbons (Fsp3) is 0.583. The molecule has 16 heavy (non-hydrogen) atoms. The topological polar surface area (TPSA) is 45.5 Å². The number of carbonyl (C=O) groups excluding carboxylic acids is 1. The van der Waals surface area contributed by atoms with Crippen LogP contribution in [0.5, 0.6) is 0 Å². The highest BCUT2D eigenvalue weighted by molar-refractivity contribution is 5.91. The van der Waals surface area contributed by atoms with E-state index >= 15 is 0 Å². The molecule has 1 fully saturated rings. The molecule has 0 saturated carbocycles. The molecule has 1 amide bonds. The predicted molar refractivity (Wildman–Crippen MR) is 61.3 cm³/mol. The maximum absolute atomic E-state index is 12.1. The molecule has 88 valence electrons. The van der Waals surface area contributed by atoms with Gasteiger partial charge >= 0.3 is 0 Å². The second-order valence-electron chi connectivity index (χ2n) is 4.05. The third-order valence-electron chi connectivity index (χ3n) is 3.08. The molecule has 0 bridgehead atoms. The van der Waals surface area contributed by atoms with E-state index in [-0.39, 0.29) is 5.91 Å². The van der Waals surface area contributed by atoms with Crippen molar-refractivity contribution in [1.82, 2.24) is 10.2 Å². The zero-order valence-corrected chi connectivity index (χ0v) is 9.61. The fourth-order valence-electron chi connectivity index (χ4n) is 2.23. The number of hydrogen-bond acceptors (Lipinski definition) is 3. The number of rotatable bonds is 3. The number of amides is 1. The summed E-state index contributed by atoms with van der Waals surface area (Å²) in [5, 5.41) is 3.31. The van der Waals surface area contributed by atoms with Gasteiger partial charge in [0.25, 0.3) is 5.91 Å². The zero-order chi connectivity index (χ0) is 11.4. The lowest BCUT2D eigenvalue weighted by Crippen LogP contribution is -2.45. The van der Waals surface area contributed by atoms with Gasteiger partial charge in [-0.05, 0) is 45.0 Å². The first-order valence-electron chi connectivity index (χ1n) is 5.88. The minimum absolute atomic E-state index is 0.0133. The molecule has 4 heteroatoms. The van der Waals surface area contributed by atoms with Gasteiger partial charge in [-0.1, -0.05) is 0 Å². The Bertz CT molecular complexity index is 329. The fourth-order valence-corrected chi connectivity index (χ4v) is 2.23. The molecule has 1 aliphatic heterocycles. The van der Waals surface area contributed by atoms with Crippen LogP contribution in [0.25, 0.3) is 0 Å². The Morgan fingerprint density at radius 1 is 1.56 bits per heavy atom. The van der Waals surface area contributed by atoms with Crippen molar-refractivity contribution in [1.29, 1.82) is 0 Å². The molecule has 1 aliphatic rings. The standard InChI is InChI=1S/C12H18N2O2/c1-2-14(10-5-7-13-8-6-10)12(15)11-4-3-9-16-11/h3-4,9-10,13H,2,5-8H2,1H3. The van der Waals surface area contributed by atoms with Crippen molar-refractivity contribution >= 4 is 5.91 Å². The van der Waals surface area contributed by atoms with Gasteiger partial charge in [0.2, 0.25) is 0 Å². The predicted octanol–water partition coefficient (Wildman–Crippen LogP) is 1.49. The molecule has 2 rings (SSSR count). The highest BCUT2D eigenvalue weighted by Gasteiger charge is 2.25. The van der Waals surface area contributed by atoms with E-state index in [9.17, 15) is 4.79 Å². The van der Waals surface area contributed by atoms with Gasteiger partial charge in [-0.25, -0.2) is 0 Å². The van der Waals surface area contributed by atoms with Gasteiger partial charge in [0.1, 0.15) is 0 Å². The summed E-state index contributed by atoms with van der Waals surface area (Å²) >= 11 is 0. The molecule has 0 aliphatic carbocycles. The summed E-state index contributed by atoms with van der Waals surface area (Å²) in [6.45, 7) is 4.74. The molecule has 1 aromatic heterocycles. The summed E-state index contributed by atoms with van der Waals surface area (Å²) in [7, 11) is 0. The third kappa shape index (κ3) is 2.27. The molecule has 1 N–H and O–H groups in total. The summed E-state index contributed by atoms with van der Waals surface area (Å²) in [5.74, 6) is 0.458. The second kappa shape index (κ2) is 5.16. The van der Waals surface area contributed by atoms with E-state index in [1.807, 2.05) is 11.8 Å². The molecule has 2 heterocycles. The monoisotopic (exact) mass is 222 g/mol. The number of furan rings is 1. The van der Waals surface area contributed by atoms with Crippen LogP contribution < -0.4 is 5.32 Å². The first kappa shape index (κ1) is 11.2. The van der Waals surface area contributed by atoms with Crippen LogP contribution in [0, 0.1) is 0 Å². The first-order chi connectivity index (χ1) is 7.83. The minimum atomic E-state index is 0.0133. The summed E-state index contributed by atoms with van der Waals surface area (Å²) in [5.41, 5.74) is 0. The lowest BCUT2D eigenvalue weighted by atomic mass is 10.0. The second-order valence-corrected chi connectivity index (χ2v) is 4.05. The number of piperidine rings is 1. The van der Waals surface area contributed by atoms with Crippen molar-refractivity contribution in [3.05, 3.63) is 24.2 Å². The van der Waals surface area contributed by atoms with Crippen LogP contribution in [-0.4, -0.2) is 36.5 Å². The summed E-state index contributed by atoms with van der Waals surface area (Å²) in [6, 6.07) is 3.83. The van der Waals surface area contributed by atoms with Gasteiger partial charge in [0.15, 0.2) is 5.76 Å². The van der Waals surface area contributed by atoms with Gasteiger partial charge in [-0.2, -0.15) is 0 Å². The average Bonchev–Trinajstić information content (AvgIpc) is 2.85. The van der Waals surface area contributed by atoms with E-state index in [4.69, 9.17) is 4.42 Å². The maximum atomic E-state index is 12.1. The molecule has 0 spiro atoms. The third-order valence-corrected chi connectivity index (χ3v) is 3.08. The van der Waals surface area contributed by atoms with Crippen LogP contribution in [0.2, 0.25) is 0 Å². The summed E-state index contributed by atoms with van der Waals surface area (Å²) < 4.78 is 5.16. The number of nitrogens with zero attached hydrogens (tertiary/aromatic N) is 1. The Hall–Kier alpha value is -1.29. The van der Waals surface area contributed by atoms with E-state index in [0.717, 1.165) is 32.5 Å². The smallest absolute Gasteiger partial charge is 0.289 e. The average molecular weight is 222 g/mol. The van der Waals surface area contributed by atoms with Crippen molar-refractivity contribution in [2.75, 3.05) is 19.6 Å². The number of nitrogens with one attached hydrogen (secondary N) is 1.